The lowest BCUT2D eigenvalue weighted by Gasteiger charge is -2.24. The van der Waals surface area contributed by atoms with Gasteiger partial charge in [0.15, 0.2) is 0 Å². The Morgan fingerprint density at radius 3 is 2.75 bits per heavy atom. The first kappa shape index (κ1) is 16.1. The Morgan fingerprint density at radius 2 is 2.20 bits per heavy atom. The van der Waals surface area contributed by atoms with Gasteiger partial charge in [-0.25, -0.2) is 4.98 Å². The number of amides is 1. The quantitative estimate of drug-likeness (QED) is 0.828. The summed E-state index contributed by atoms with van der Waals surface area (Å²) >= 11 is 0. The molecule has 0 aromatic carbocycles. The zero-order valence-corrected chi connectivity index (χ0v) is 12.2. The second kappa shape index (κ2) is 7.01. The molecule has 0 aliphatic heterocycles. The summed E-state index contributed by atoms with van der Waals surface area (Å²) in [5.74, 6) is -0.241. The fraction of sp³-hybridized carbons (Fsp3) is 0.533. The summed E-state index contributed by atoms with van der Waals surface area (Å²) < 4.78 is 0. The van der Waals surface area contributed by atoms with Crippen molar-refractivity contribution in [2.75, 3.05) is 13.2 Å². The highest BCUT2D eigenvalue weighted by molar-refractivity contribution is 5.92. The normalized spacial score (nSPS) is 10.9. The Hall–Kier alpha value is -1.93. The Labute approximate surface area is 119 Å². The van der Waals surface area contributed by atoms with Crippen molar-refractivity contribution >= 4 is 5.91 Å². The van der Waals surface area contributed by atoms with Crippen LogP contribution in [0.25, 0.3) is 0 Å². The monoisotopic (exact) mass is 275 g/mol. The number of rotatable bonds is 6. The van der Waals surface area contributed by atoms with Crippen LogP contribution < -0.4 is 5.32 Å². The Bertz CT molecular complexity index is 518. The maximum atomic E-state index is 12.0. The predicted octanol–water partition coefficient (Wildman–Crippen LogP) is 1.79. The van der Waals surface area contributed by atoms with Crippen LogP contribution in [-0.4, -0.2) is 29.1 Å². The second-order valence-electron chi connectivity index (χ2n) is 5.62. The molecule has 0 saturated heterocycles. The van der Waals surface area contributed by atoms with E-state index in [2.05, 4.69) is 10.3 Å². The molecule has 0 aliphatic carbocycles. The lowest BCUT2D eigenvalue weighted by atomic mass is 9.88. The van der Waals surface area contributed by atoms with Crippen molar-refractivity contribution in [1.82, 2.24) is 10.3 Å². The first-order valence-electron chi connectivity index (χ1n) is 6.66. The molecular formula is C15H21N3O2. The number of pyridine rings is 1. The van der Waals surface area contributed by atoms with Crippen LogP contribution in [0.2, 0.25) is 0 Å². The largest absolute Gasteiger partial charge is 0.396 e. The van der Waals surface area contributed by atoms with Crippen LogP contribution >= 0.6 is 0 Å². The number of aromatic nitrogens is 1. The topological polar surface area (TPSA) is 86.0 Å². The SMILES string of the molecule is Cc1nc(C(=O)NCC(C)(C)CCCO)ccc1C#N. The van der Waals surface area contributed by atoms with E-state index >= 15 is 0 Å². The summed E-state index contributed by atoms with van der Waals surface area (Å²) in [7, 11) is 0. The molecule has 0 radical (unpaired) electrons. The number of carbonyl (C=O) groups excluding carboxylic acids is 1. The first-order valence-corrected chi connectivity index (χ1v) is 6.66. The first-order chi connectivity index (χ1) is 9.39. The van der Waals surface area contributed by atoms with Gasteiger partial charge in [0.2, 0.25) is 0 Å². The summed E-state index contributed by atoms with van der Waals surface area (Å²) in [6.07, 6.45) is 1.56. The molecule has 0 unspecified atom stereocenters. The van der Waals surface area contributed by atoms with E-state index in [1.807, 2.05) is 19.9 Å². The Morgan fingerprint density at radius 1 is 1.50 bits per heavy atom. The van der Waals surface area contributed by atoms with Gasteiger partial charge in [-0.05, 0) is 37.3 Å². The molecule has 1 aromatic heterocycles. The third-order valence-corrected chi connectivity index (χ3v) is 3.18. The molecule has 0 spiro atoms. The van der Waals surface area contributed by atoms with Gasteiger partial charge in [0.1, 0.15) is 11.8 Å². The predicted molar refractivity (Wildman–Crippen MR) is 76.1 cm³/mol. The van der Waals surface area contributed by atoms with E-state index in [0.29, 0.717) is 23.5 Å². The van der Waals surface area contributed by atoms with E-state index in [1.165, 1.54) is 0 Å². The number of nitriles is 1. The molecule has 20 heavy (non-hydrogen) atoms. The van der Waals surface area contributed by atoms with E-state index in [1.54, 1.807) is 19.1 Å². The Balaban J connectivity index is 2.64. The molecule has 0 atom stereocenters. The third-order valence-electron chi connectivity index (χ3n) is 3.18. The summed E-state index contributed by atoms with van der Waals surface area (Å²) in [5.41, 5.74) is 1.28. The molecule has 108 valence electrons. The minimum absolute atomic E-state index is 0.0694. The van der Waals surface area contributed by atoms with Gasteiger partial charge in [-0.2, -0.15) is 5.26 Å². The minimum atomic E-state index is -0.241. The van der Waals surface area contributed by atoms with E-state index in [4.69, 9.17) is 10.4 Å². The number of hydrogen-bond acceptors (Lipinski definition) is 4. The average Bonchev–Trinajstić information content (AvgIpc) is 2.42. The molecule has 0 bridgehead atoms. The number of nitrogens with zero attached hydrogens (tertiary/aromatic N) is 2. The van der Waals surface area contributed by atoms with Gasteiger partial charge in [0, 0.05) is 13.2 Å². The van der Waals surface area contributed by atoms with E-state index in [9.17, 15) is 4.79 Å². The van der Waals surface area contributed by atoms with Crippen molar-refractivity contribution < 1.29 is 9.90 Å². The third kappa shape index (κ3) is 4.63. The number of nitrogens with one attached hydrogen (secondary N) is 1. The molecule has 0 saturated carbocycles. The van der Waals surface area contributed by atoms with Gasteiger partial charge in [0.05, 0.1) is 11.3 Å². The number of aliphatic hydroxyl groups excluding tert-OH is 1. The molecule has 1 amide bonds. The molecule has 2 N–H and O–H groups in total. The lowest BCUT2D eigenvalue weighted by Crippen LogP contribution is -2.34. The molecule has 0 aliphatic rings. The summed E-state index contributed by atoms with van der Waals surface area (Å²) in [6, 6.07) is 5.19. The molecule has 1 heterocycles. The fourth-order valence-electron chi connectivity index (χ4n) is 1.86. The van der Waals surface area contributed by atoms with Crippen molar-refractivity contribution in [3.8, 4) is 6.07 Å². The summed E-state index contributed by atoms with van der Waals surface area (Å²) in [6.45, 7) is 6.47. The number of aliphatic hydroxyl groups is 1. The van der Waals surface area contributed by atoms with E-state index in [0.717, 1.165) is 12.8 Å². The highest BCUT2D eigenvalue weighted by Gasteiger charge is 2.19. The second-order valence-corrected chi connectivity index (χ2v) is 5.62. The van der Waals surface area contributed by atoms with E-state index in [-0.39, 0.29) is 17.9 Å². The van der Waals surface area contributed by atoms with Crippen LogP contribution in [-0.2, 0) is 0 Å². The number of carbonyl (C=O) groups is 1. The molecule has 5 heteroatoms. The van der Waals surface area contributed by atoms with Gasteiger partial charge in [-0.1, -0.05) is 13.8 Å². The number of hydrogen-bond donors (Lipinski definition) is 2. The highest BCUT2D eigenvalue weighted by atomic mass is 16.2. The fourth-order valence-corrected chi connectivity index (χ4v) is 1.86. The zero-order chi connectivity index (χ0) is 15.2. The van der Waals surface area contributed by atoms with Crippen molar-refractivity contribution in [1.29, 1.82) is 5.26 Å². The number of aryl methyl sites for hydroxylation is 1. The maximum Gasteiger partial charge on any atom is 0.269 e. The van der Waals surface area contributed by atoms with Crippen LogP contribution in [0.4, 0.5) is 0 Å². The maximum absolute atomic E-state index is 12.0. The van der Waals surface area contributed by atoms with Gasteiger partial charge in [0.25, 0.3) is 5.91 Å². The summed E-state index contributed by atoms with van der Waals surface area (Å²) in [5, 5.41) is 20.5. The average molecular weight is 275 g/mol. The van der Waals surface area contributed by atoms with Crippen molar-refractivity contribution in [2.45, 2.75) is 33.6 Å². The van der Waals surface area contributed by atoms with Crippen LogP contribution in [0.5, 0.6) is 0 Å². The Kier molecular flexibility index (Phi) is 5.66. The highest BCUT2D eigenvalue weighted by Crippen LogP contribution is 2.20. The van der Waals surface area contributed by atoms with Crippen LogP contribution in [0.1, 0.15) is 48.4 Å². The molecule has 0 fully saturated rings. The molecule has 1 rings (SSSR count). The van der Waals surface area contributed by atoms with Gasteiger partial charge in [-0.3, -0.25) is 4.79 Å². The van der Waals surface area contributed by atoms with Crippen molar-refractivity contribution in [3.63, 3.8) is 0 Å². The standard InChI is InChI=1S/C15H21N3O2/c1-11-12(9-16)5-6-13(18-11)14(20)17-10-15(2,3)7-4-8-19/h5-6,19H,4,7-8,10H2,1-3H3,(H,17,20). The van der Waals surface area contributed by atoms with Gasteiger partial charge >= 0.3 is 0 Å². The zero-order valence-electron chi connectivity index (χ0n) is 12.2. The van der Waals surface area contributed by atoms with Crippen LogP contribution in [0, 0.1) is 23.7 Å². The summed E-state index contributed by atoms with van der Waals surface area (Å²) in [4.78, 5) is 16.1. The molecule has 1 aromatic rings. The molecular weight excluding hydrogens is 254 g/mol. The lowest BCUT2D eigenvalue weighted by molar-refractivity contribution is 0.0927. The molecule has 5 nitrogen and oxygen atoms in total. The van der Waals surface area contributed by atoms with Crippen LogP contribution in [0.15, 0.2) is 12.1 Å². The van der Waals surface area contributed by atoms with Crippen LogP contribution in [0.3, 0.4) is 0 Å². The van der Waals surface area contributed by atoms with Crippen molar-refractivity contribution in [3.05, 3.63) is 29.1 Å². The smallest absolute Gasteiger partial charge is 0.269 e. The van der Waals surface area contributed by atoms with Crippen molar-refractivity contribution in [2.24, 2.45) is 5.41 Å². The van der Waals surface area contributed by atoms with E-state index < -0.39 is 0 Å². The minimum Gasteiger partial charge on any atom is -0.396 e. The van der Waals surface area contributed by atoms with Gasteiger partial charge < -0.3 is 10.4 Å². The van der Waals surface area contributed by atoms with Gasteiger partial charge in [-0.15, -0.1) is 0 Å².